The highest BCUT2D eigenvalue weighted by molar-refractivity contribution is 5.48. The lowest BCUT2D eigenvalue weighted by atomic mass is 9.72. The molecule has 0 fully saturated rings. The molecule has 260 valence electrons. The van der Waals surface area contributed by atoms with Crippen molar-refractivity contribution in [3.8, 4) is 23.0 Å². The maximum atomic E-state index is 14.8. The predicted octanol–water partition coefficient (Wildman–Crippen LogP) is 11.0. The number of alkyl halides is 6. The lowest BCUT2D eigenvalue weighted by Gasteiger charge is -2.38. The van der Waals surface area contributed by atoms with Crippen molar-refractivity contribution in [3.05, 3.63) is 179 Å². The number of rotatable bonds is 10. The third-order valence-corrected chi connectivity index (χ3v) is 8.52. The van der Waals surface area contributed by atoms with Crippen LogP contribution in [-0.4, -0.2) is 12.4 Å². The summed E-state index contributed by atoms with van der Waals surface area (Å²) >= 11 is 0. The maximum Gasteiger partial charge on any atom is 0.411 e. The first kappa shape index (κ1) is 34.9. The number of halogens is 6. The summed E-state index contributed by atoms with van der Waals surface area (Å²) in [6, 6.07) is 36.6. The second-order valence-electron chi connectivity index (χ2n) is 12.1. The highest BCUT2D eigenvalue weighted by atomic mass is 19.4. The molecule has 0 saturated heterocycles. The SMILES string of the molecule is Nc1ccc(Oc2ccc(Cc3ccc(C(c4ccc(Cc5ccc(Oc6ccc(N)cc6)cc5)cc4)(C(F)(F)F)C(F)(F)F)cc3)cc2)cc1. The summed E-state index contributed by atoms with van der Waals surface area (Å²) in [4.78, 5) is 0. The largest absolute Gasteiger partial charge is 0.457 e. The Morgan fingerprint density at radius 1 is 0.353 bits per heavy atom. The Balaban J connectivity index is 1.19. The van der Waals surface area contributed by atoms with Crippen molar-refractivity contribution < 1.29 is 35.8 Å². The highest BCUT2D eigenvalue weighted by Crippen LogP contribution is 2.56. The van der Waals surface area contributed by atoms with E-state index < -0.39 is 28.9 Å². The summed E-state index contributed by atoms with van der Waals surface area (Å²) in [6.07, 6.45) is -10.8. The van der Waals surface area contributed by atoms with Crippen LogP contribution in [0.3, 0.4) is 0 Å². The van der Waals surface area contributed by atoms with Gasteiger partial charge >= 0.3 is 12.4 Å². The molecule has 10 heteroatoms. The fraction of sp³-hybridized carbons (Fsp3) is 0.122. The van der Waals surface area contributed by atoms with Gasteiger partial charge in [0.05, 0.1) is 0 Å². The molecule has 0 radical (unpaired) electrons. The minimum atomic E-state index is -5.69. The number of nitrogen functional groups attached to an aromatic ring is 2. The standard InChI is InChI=1S/C41H32F6N2O2/c42-40(43,44)39(41(45,46)47,31-9-1-27(2-10-31)25-29-5-17-35(18-6-29)50-37-21-13-33(48)14-22-37)32-11-3-28(4-12-32)26-30-7-19-36(20-8-30)51-38-23-15-34(49)16-24-38/h1-24H,25-26,48-49H2. The van der Waals surface area contributed by atoms with Crippen LogP contribution in [-0.2, 0) is 18.3 Å². The first-order valence-corrected chi connectivity index (χ1v) is 15.9. The fourth-order valence-electron chi connectivity index (χ4n) is 5.89. The molecule has 0 aliphatic rings. The lowest BCUT2D eigenvalue weighted by molar-refractivity contribution is -0.288. The molecular weight excluding hydrogens is 666 g/mol. The van der Waals surface area contributed by atoms with Gasteiger partial charge in [-0.1, -0.05) is 72.8 Å². The van der Waals surface area contributed by atoms with E-state index >= 15 is 0 Å². The molecule has 6 aromatic rings. The molecule has 0 aliphatic heterocycles. The Kier molecular flexibility index (Phi) is 9.69. The van der Waals surface area contributed by atoms with Crippen molar-refractivity contribution in [2.75, 3.05) is 11.5 Å². The van der Waals surface area contributed by atoms with E-state index in [1.54, 1.807) is 97.1 Å². The van der Waals surface area contributed by atoms with Gasteiger partial charge in [0.25, 0.3) is 0 Å². The van der Waals surface area contributed by atoms with E-state index in [9.17, 15) is 26.3 Å². The van der Waals surface area contributed by atoms with Gasteiger partial charge in [0, 0.05) is 11.4 Å². The molecule has 4 nitrogen and oxygen atoms in total. The van der Waals surface area contributed by atoms with E-state index in [1.807, 2.05) is 0 Å². The number of ether oxygens (including phenoxy) is 2. The molecule has 0 atom stereocenters. The molecule has 0 amide bonds. The van der Waals surface area contributed by atoms with Gasteiger partial charge in [0.2, 0.25) is 5.41 Å². The first-order valence-electron chi connectivity index (χ1n) is 15.9. The smallest absolute Gasteiger partial charge is 0.411 e. The third-order valence-electron chi connectivity index (χ3n) is 8.52. The van der Waals surface area contributed by atoms with Crippen molar-refractivity contribution in [2.45, 2.75) is 30.6 Å². The molecular formula is C41H32F6N2O2. The van der Waals surface area contributed by atoms with E-state index in [2.05, 4.69) is 0 Å². The van der Waals surface area contributed by atoms with Crippen molar-refractivity contribution in [1.82, 2.24) is 0 Å². The zero-order valence-electron chi connectivity index (χ0n) is 27.0. The van der Waals surface area contributed by atoms with E-state index in [-0.39, 0.29) is 12.8 Å². The van der Waals surface area contributed by atoms with Crippen LogP contribution in [0.15, 0.2) is 146 Å². The van der Waals surface area contributed by atoms with Crippen molar-refractivity contribution in [3.63, 3.8) is 0 Å². The summed E-state index contributed by atoms with van der Waals surface area (Å²) in [7, 11) is 0. The predicted molar refractivity (Wildman–Crippen MR) is 186 cm³/mol. The molecule has 6 rings (SSSR count). The van der Waals surface area contributed by atoms with E-state index in [4.69, 9.17) is 20.9 Å². The van der Waals surface area contributed by atoms with Crippen LogP contribution in [0.25, 0.3) is 0 Å². The van der Waals surface area contributed by atoms with Gasteiger partial charge in [0.15, 0.2) is 0 Å². The number of hydrogen-bond donors (Lipinski definition) is 2. The van der Waals surface area contributed by atoms with Gasteiger partial charge in [-0.05, 0) is 119 Å². The van der Waals surface area contributed by atoms with Crippen LogP contribution in [0.2, 0.25) is 0 Å². The maximum absolute atomic E-state index is 14.8. The molecule has 0 saturated carbocycles. The second kappa shape index (κ2) is 14.1. The van der Waals surface area contributed by atoms with Crippen molar-refractivity contribution in [1.29, 1.82) is 0 Å². The molecule has 0 unspecified atom stereocenters. The number of anilines is 2. The molecule has 51 heavy (non-hydrogen) atoms. The Morgan fingerprint density at radius 2 is 0.588 bits per heavy atom. The molecule has 0 aromatic heterocycles. The summed E-state index contributed by atoms with van der Waals surface area (Å²) in [6.45, 7) is 0. The first-order chi connectivity index (χ1) is 24.3. The molecule has 4 N–H and O–H groups in total. The van der Waals surface area contributed by atoms with Crippen LogP contribution < -0.4 is 20.9 Å². The van der Waals surface area contributed by atoms with Gasteiger partial charge in [-0.15, -0.1) is 0 Å². The summed E-state index contributed by atoms with van der Waals surface area (Å²) in [5.74, 6) is 2.30. The Hall–Kier alpha value is -5.90. The molecule has 0 aliphatic carbocycles. The van der Waals surface area contributed by atoms with E-state index in [1.165, 1.54) is 24.3 Å². The average Bonchev–Trinajstić information content (AvgIpc) is 3.09. The van der Waals surface area contributed by atoms with E-state index in [0.717, 1.165) is 35.4 Å². The van der Waals surface area contributed by atoms with Crippen LogP contribution in [0, 0.1) is 0 Å². The molecule has 0 heterocycles. The summed E-state index contributed by atoms with van der Waals surface area (Å²) in [5.41, 5.74) is 9.21. The fourth-order valence-corrected chi connectivity index (χ4v) is 5.89. The monoisotopic (exact) mass is 698 g/mol. The summed E-state index contributed by atoms with van der Waals surface area (Å²) < 4.78 is 100. The number of nitrogens with two attached hydrogens (primary N) is 2. The number of hydrogen-bond acceptors (Lipinski definition) is 4. The Bertz CT molecular complexity index is 1890. The Morgan fingerprint density at radius 3 is 0.843 bits per heavy atom. The minimum Gasteiger partial charge on any atom is -0.457 e. The zero-order chi connectivity index (χ0) is 36.2. The van der Waals surface area contributed by atoms with Crippen molar-refractivity contribution >= 4 is 11.4 Å². The van der Waals surface area contributed by atoms with Gasteiger partial charge < -0.3 is 20.9 Å². The van der Waals surface area contributed by atoms with Crippen LogP contribution in [0.1, 0.15) is 33.4 Å². The van der Waals surface area contributed by atoms with Crippen LogP contribution in [0.5, 0.6) is 23.0 Å². The topological polar surface area (TPSA) is 70.5 Å². The quantitative estimate of drug-likeness (QED) is 0.110. The van der Waals surface area contributed by atoms with Gasteiger partial charge in [0.1, 0.15) is 23.0 Å². The van der Waals surface area contributed by atoms with Gasteiger partial charge in [-0.2, -0.15) is 26.3 Å². The molecule has 6 aromatic carbocycles. The molecule has 0 bridgehead atoms. The van der Waals surface area contributed by atoms with E-state index in [0.29, 0.717) is 45.5 Å². The van der Waals surface area contributed by atoms with Gasteiger partial charge in [-0.3, -0.25) is 0 Å². The van der Waals surface area contributed by atoms with Crippen LogP contribution >= 0.6 is 0 Å². The third kappa shape index (κ3) is 7.80. The zero-order valence-corrected chi connectivity index (χ0v) is 27.0. The van der Waals surface area contributed by atoms with Crippen LogP contribution in [0.4, 0.5) is 37.7 Å². The number of benzene rings is 6. The van der Waals surface area contributed by atoms with Gasteiger partial charge in [-0.25, -0.2) is 0 Å². The molecule has 0 spiro atoms. The average molecular weight is 699 g/mol. The lowest BCUT2D eigenvalue weighted by Crippen LogP contribution is -2.54. The highest BCUT2D eigenvalue weighted by Gasteiger charge is 2.72. The Labute approximate surface area is 290 Å². The second-order valence-corrected chi connectivity index (χ2v) is 12.1. The normalized spacial score (nSPS) is 12.0. The minimum absolute atomic E-state index is 0.288. The summed E-state index contributed by atoms with van der Waals surface area (Å²) in [5, 5.41) is 0. The van der Waals surface area contributed by atoms with Crippen molar-refractivity contribution in [2.24, 2.45) is 0 Å².